The van der Waals surface area contributed by atoms with E-state index >= 15 is 0 Å². The zero-order valence-electron chi connectivity index (χ0n) is 18.3. The largest absolute Gasteiger partial charge is 0.497 e. The third-order valence-corrected chi connectivity index (χ3v) is 6.52. The summed E-state index contributed by atoms with van der Waals surface area (Å²) in [5.74, 6) is 0.121. The SMILES string of the molecule is COc1ccc(NS(=O)(=O)c2cc(C(=O)NCc3c(C)cc(C)[nH]c3=O)ccc2C)cc1. The Hall–Kier alpha value is -3.59. The molecular formula is C23H25N3O5S. The number of carbonyl (C=O) groups excluding carboxylic acids is 1. The first kappa shape index (κ1) is 23.1. The summed E-state index contributed by atoms with van der Waals surface area (Å²) in [6.07, 6.45) is 0. The number of carbonyl (C=O) groups is 1. The van der Waals surface area contributed by atoms with Gasteiger partial charge in [-0.25, -0.2) is 8.42 Å². The molecule has 1 heterocycles. The molecule has 168 valence electrons. The van der Waals surface area contributed by atoms with Crippen LogP contribution in [0.2, 0.25) is 0 Å². The van der Waals surface area contributed by atoms with Crippen LogP contribution in [0.25, 0.3) is 0 Å². The van der Waals surface area contributed by atoms with Gasteiger partial charge in [-0.2, -0.15) is 0 Å². The molecule has 0 spiro atoms. The van der Waals surface area contributed by atoms with Crippen molar-refractivity contribution in [2.24, 2.45) is 0 Å². The van der Waals surface area contributed by atoms with Crippen molar-refractivity contribution in [3.05, 3.63) is 86.8 Å². The van der Waals surface area contributed by atoms with E-state index < -0.39 is 15.9 Å². The van der Waals surface area contributed by atoms with Crippen LogP contribution >= 0.6 is 0 Å². The van der Waals surface area contributed by atoms with Crippen LogP contribution in [0.3, 0.4) is 0 Å². The molecule has 0 saturated carbocycles. The predicted octanol–water partition coefficient (Wildman–Crippen LogP) is 3.04. The molecule has 1 amide bonds. The number of nitrogens with one attached hydrogen (secondary N) is 3. The number of amides is 1. The van der Waals surface area contributed by atoms with E-state index in [0.29, 0.717) is 22.6 Å². The number of benzene rings is 2. The monoisotopic (exact) mass is 455 g/mol. The van der Waals surface area contributed by atoms with Gasteiger partial charge >= 0.3 is 0 Å². The minimum absolute atomic E-state index is 0.00895. The fourth-order valence-corrected chi connectivity index (χ4v) is 4.60. The van der Waals surface area contributed by atoms with Gasteiger partial charge in [0.15, 0.2) is 0 Å². The highest BCUT2D eigenvalue weighted by Gasteiger charge is 2.20. The Kier molecular flexibility index (Phi) is 6.69. The van der Waals surface area contributed by atoms with Crippen molar-refractivity contribution >= 4 is 21.6 Å². The van der Waals surface area contributed by atoms with Crippen molar-refractivity contribution in [3.63, 3.8) is 0 Å². The average Bonchev–Trinajstić information content (AvgIpc) is 2.73. The van der Waals surface area contributed by atoms with E-state index in [4.69, 9.17) is 4.74 Å². The van der Waals surface area contributed by atoms with Crippen LogP contribution in [0.15, 0.2) is 58.2 Å². The molecule has 0 radical (unpaired) electrons. The highest BCUT2D eigenvalue weighted by molar-refractivity contribution is 7.92. The topological polar surface area (TPSA) is 117 Å². The summed E-state index contributed by atoms with van der Waals surface area (Å²) in [5.41, 5.74) is 2.72. The van der Waals surface area contributed by atoms with Crippen LogP contribution in [-0.4, -0.2) is 26.4 Å². The minimum Gasteiger partial charge on any atom is -0.497 e. The summed E-state index contributed by atoms with van der Waals surface area (Å²) in [7, 11) is -2.41. The molecule has 3 N–H and O–H groups in total. The van der Waals surface area contributed by atoms with E-state index in [0.717, 1.165) is 11.3 Å². The molecule has 0 bridgehead atoms. The number of hydrogen-bond donors (Lipinski definition) is 3. The van der Waals surface area contributed by atoms with Gasteiger partial charge in [-0.3, -0.25) is 14.3 Å². The molecular weight excluding hydrogens is 430 g/mol. The number of pyridine rings is 1. The molecule has 2 aromatic carbocycles. The smallest absolute Gasteiger partial charge is 0.262 e. The molecule has 0 atom stereocenters. The minimum atomic E-state index is -3.93. The lowest BCUT2D eigenvalue weighted by molar-refractivity contribution is 0.0950. The number of aromatic amines is 1. The standard InChI is InChI=1S/C23H25N3O5S/c1-14-5-6-17(22(27)24-13-20-15(2)11-16(3)25-23(20)28)12-21(14)32(29,30)26-18-7-9-19(31-4)10-8-18/h5-12,26H,13H2,1-4H3,(H,24,27)(H,25,28). The maximum absolute atomic E-state index is 12.9. The third kappa shape index (κ3) is 5.17. The number of methoxy groups -OCH3 is 1. The Morgan fingerprint density at radius 1 is 1.00 bits per heavy atom. The molecule has 3 aromatic rings. The fraction of sp³-hybridized carbons (Fsp3) is 0.217. The van der Waals surface area contributed by atoms with E-state index in [1.165, 1.54) is 13.2 Å². The van der Waals surface area contributed by atoms with Gasteiger partial charge in [-0.15, -0.1) is 0 Å². The fourth-order valence-electron chi connectivity index (χ4n) is 3.27. The molecule has 0 fully saturated rings. The summed E-state index contributed by atoms with van der Waals surface area (Å²) >= 11 is 0. The van der Waals surface area contributed by atoms with Crippen molar-refractivity contribution in [2.75, 3.05) is 11.8 Å². The number of sulfonamides is 1. The van der Waals surface area contributed by atoms with E-state index in [-0.39, 0.29) is 22.6 Å². The second-order valence-electron chi connectivity index (χ2n) is 7.44. The summed E-state index contributed by atoms with van der Waals surface area (Å²) < 4.78 is 33.5. The Balaban J connectivity index is 1.81. The van der Waals surface area contributed by atoms with Crippen molar-refractivity contribution in [2.45, 2.75) is 32.2 Å². The number of rotatable bonds is 7. The first-order valence-electron chi connectivity index (χ1n) is 9.86. The molecule has 1 aromatic heterocycles. The van der Waals surface area contributed by atoms with Crippen LogP contribution in [0.1, 0.15) is 32.7 Å². The summed E-state index contributed by atoms with van der Waals surface area (Å²) in [6.45, 7) is 5.26. The lowest BCUT2D eigenvalue weighted by Gasteiger charge is -2.13. The van der Waals surface area contributed by atoms with Crippen LogP contribution in [0.4, 0.5) is 5.69 Å². The summed E-state index contributed by atoms with van der Waals surface area (Å²) in [4.78, 5) is 27.5. The van der Waals surface area contributed by atoms with Gasteiger partial charge < -0.3 is 15.0 Å². The van der Waals surface area contributed by atoms with Gasteiger partial charge in [0, 0.05) is 29.1 Å². The molecule has 0 saturated heterocycles. The maximum Gasteiger partial charge on any atom is 0.262 e. The highest BCUT2D eigenvalue weighted by Crippen LogP contribution is 2.22. The van der Waals surface area contributed by atoms with E-state index in [1.54, 1.807) is 57.2 Å². The Bertz CT molecular complexity index is 1310. The Morgan fingerprint density at radius 3 is 2.31 bits per heavy atom. The van der Waals surface area contributed by atoms with Crippen LogP contribution in [0.5, 0.6) is 5.75 Å². The van der Waals surface area contributed by atoms with E-state index in [9.17, 15) is 18.0 Å². The first-order valence-corrected chi connectivity index (χ1v) is 11.3. The number of ether oxygens (including phenoxy) is 1. The zero-order valence-corrected chi connectivity index (χ0v) is 19.1. The predicted molar refractivity (Wildman–Crippen MR) is 123 cm³/mol. The van der Waals surface area contributed by atoms with Gasteiger partial charge in [0.05, 0.1) is 12.0 Å². The van der Waals surface area contributed by atoms with Crippen LogP contribution in [0, 0.1) is 20.8 Å². The molecule has 0 aliphatic rings. The quantitative estimate of drug-likeness (QED) is 0.506. The second-order valence-corrected chi connectivity index (χ2v) is 9.09. The number of aromatic nitrogens is 1. The van der Waals surface area contributed by atoms with Gasteiger partial charge in [0.2, 0.25) is 0 Å². The first-order chi connectivity index (χ1) is 15.1. The number of hydrogen-bond acceptors (Lipinski definition) is 5. The Morgan fingerprint density at radius 2 is 1.69 bits per heavy atom. The molecule has 0 unspecified atom stereocenters. The van der Waals surface area contributed by atoms with Crippen LogP contribution in [-0.2, 0) is 16.6 Å². The van der Waals surface area contributed by atoms with Crippen molar-refractivity contribution < 1.29 is 17.9 Å². The van der Waals surface area contributed by atoms with Gasteiger partial charge in [-0.1, -0.05) is 6.07 Å². The maximum atomic E-state index is 12.9. The number of H-pyrrole nitrogens is 1. The van der Waals surface area contributed by atoms with Crippen molar-refractivity contribution in [3.8, 4) is 5.75 Å². The number of aryl methyl sites for hydroxylation is 3. The molecule has 8 nitrogen and oxygen atoms in total. The van der Waals surface area contributed by atoms with Crippen molar-refractivity contribution in [1.82, 2.24) is 10.3 Å². The second kappa shape index (κ2) is 9.27. The van der Waals surface area contributed by atoms with Crippen LogP contribution < -0.4 is 20.3 Å². The Labute approximate surface area is 186 Å². The van der Waals surface area contributed by atoms with Gasteiger partial charge in [-0.05, 0) is 74.4 Å². The van der Waals surface area contributed by atoms with Crippen molar-refractivity contribution in [1.29, 1.82) is 0 Å². The lowest BCUT2D eigenvalue weighted by Crippen LogP contribution is -2.28. The van der Waals surface area contributed by atoms with Gasteiger partial charge in [0.1, 0.15) is 5.75 Å². The molecule has 3 rings (SSSR count). The lowest BCUT2D eigenvalue weighted by atomic mass is 10.1. The highest BCUT2D eigenvalue weighted by atomic mass is 32.2. The zero-order chi connectivity index (χ0) is 23.5. The third-order valence-electron chi connectivity index (χ3n) is 5.00. The summed E-state index contributed by atoms with van der Waals surface area (Å²) in [5, 5.41) is 2.69. The molecule has 0 aliphatic heterocycles. The van der Waals surface area contributed by atoms with E-state index in [2.05, 4.69) is 15.0 Å². The van der Waals surface area contributed by atoms with Gasteiger partial charge in [0.25, 0.3) is 21.5 Å². The summed E-state index contributed by atoms with van der Waals surface area (Å²) in [6, 6.07) is 12.7. The molecule has 9 heteroatoms. The normalized spacial score (nSPS) is 11.1. The molecule has 0 aliphatic carbocycles. The van der Waals surface area contributed by atoms with E-state index in [1.807, 2.05) is 6.07 Å². The number of anilines is 1. The molecule has 32 heavy (non-hydrogen) atoms. The average molecular weight is 456 g/mol.